The zero-order valence-electron chi connectivity index (χ0n) is 12.6. The first kappa shape index (κ1) is 14.7. The fourth-order valence-electron chi connectivity index (χ4n) is 2.53. The lowest BCUT2D eigenvalue weighted by molar-refractivity contribution is 0.323. The topological polar surface area (TPSA) is 41.1 Å². The minimum absolute atomic E-state index is 0.189. The van der Waals surface area contributed by atoms with Crippen molar-refractivity contribution in [3.8, 4) is 0 Å². The highest BCUT2D eigenvalue weighted by molar-refractivity contribution is 5.66. The van der Waals surface area contributed by atoms with Gasteiger partial charge in [-0.1, -0.05) is 18.2 Å². The summed E-state index contributed by atoms with van der Waals surface area (Å²) < 4.78 is 13.0. The van der Waals surface area contributed by atoms with Gasteiger partial charge >= 0.3 is 0 Å². The maximum absolute atomic E-state index is 13.0. The summed E-state index contributed by atoms with van der Waals surface area (Å²) in [5.41, 5.74) is 2.40. The lowest BCUT2D eigenvalue weighted by Crippen LogP contribution is -2.33. The van der Waals surface area contributed by atoms with Crippen molar-refractivity contribution >= 4 is 11.4 Å². The Bertz CT molecular complexity index is 667. The second-order valence-corrected chi connectivity index (χ2v) is 5.39. The zero-order valence-corrected chi connectivity index (χ0v) is 12.6. The highest BCUT2D eigenvalue weighted by Gasteiger charge is 2.12. The summed E-state index contributed by atoms with van der Waals surface area (Å²) in [7, 11) is 0. The van der Waals surface area contributed by atoms with Crippen LogP contribution in [0.3, 0.4) is 0 Å². The van der Waals surface area contributed by atoms with Crippen LogP contribution in [0.2, 0.25) is 0 Å². The van der Waals surface area contributed by atoms with Crippen molar-refractivity contribution in [3.05, 3.63) is 59.8 Å². The van der Waals surface area contributed by atoms with E-state index < -0.39 is 0 Å². The Balaban J connectivity index is 1.55. The van der Waals surface area contributed by atoms with E-state index in [1.165, 1.54) is 17.7 Å². The molecule has 4 nitrogen and oxygen atoms in total. The van der Waals surface area contributed by atoms with Crippen molar-refractivity contribution in [2.24, 2.45) is 0 Å². The van der Waals surface area contributed by atoms with E-state index in [4.69, 9.17) is 0 Å². The van der Waals surface area contributed by atoms with Crippen LogP contribution in [-0.2, 0) is 0 Å². The third-order valence-corrected chi connectivity index (χ3v) is 3.77. The quantitative estimate of drug-likeness (QED) is 0.942. The lowest BCUT2D eigenvalue weighted by Gasteiger charge is -2.26. The van der Waals surface area contributed by atoms with Crippen molar-refractivity contribution in [1.29, 1.82) is 0 Å². The molecule has 2 aromatic rings. The predicted octanol–water partition coefficient (Wildman–Crippen LogP) is 3.08. The van der Waals surface area contributed by atoms with Gasteiger partial charge in [-0.25, -0.2) is 14.4 Å². The molecule has 0 saturated heterocycles. The summed E-state index contributed by atoms with van der Waals surface area (Å²) in [6, 6.07) is 8.59. The van der Waals surface area contributed by atoms with E-state index in [0.717, 1.165) is 43.4 Å². The highest BCUT2D eigenvalue weighted by atomic mass is 19.1. The molecule has 0 aliphatic carbocycles. The summed E-state index contributed by atoms with van der Waals surface area (Å²) in [5.74, 6) is 1.43. The number of hydrogen-bond donors (Lipinski definition) is 1. The van der Waals surface area contributed by atoms with Gasteiger partial charge < -0.3 is 5.32 Å². The van der Waals surface area contributed by atoms with Crippen molar-refractivity contribution in [1.82, 2.24) is 14.9 Å². The van der Waals surface area contributed by atoms with Gasteiger partial charge in [0.05, 0.1) is 6.67 Å². The molecule has 0 atom stereocenters. The maximum Gasteiger partial charge on any atom is 0.130 e. The molecule has 0 radical (unpaired) electrons. The number of benzene rings is 1. The first-order valence-corrected chi connectivity index (χ1v) is 7.41. The van der Waals surface area contributed by atoms with Crippen LogP contribution in [-0.4, -0.2) is 34.6 Å². The molecule has 1 aromatic carbocycles. The molecule has 2 heterocycles. The SMILES string of the molecule is Cc1nccc(NCN2CC=C(c3ccc(F)cc3)CC2)n1. The number of aryl methyl sites for hydroxylation is 1. The van der Waals surface area contributed by atoms with Gasteiger partial charge in [-0.05, 0) is 42.7 Å². The molecular formula is C17H19FN4. The van der Waals surface area contributed by atoms with Gasteiger partial charge in [-0.2, -0.15) is 0 Å². The predicted molar refractivity (Wildman–Crippen MR) is 85.8 cm³/mol. The summed E-state index contributed by atoms with van der Waals surface area (Å²) in [5, 5.41) is 3.31. The Kier molecular flexibility index (Phi) is 4.44. The number of aromatic nitrogens is 2. The summed E-state index contributed by atoms with van der Waals surface area (Å²) in [6.45, 7) is 4.48. The van der Waals surface area contributed by atoms with E-state index in [2.05, 4.69) is 26.3 Å². The van der Waals surface area contributed by atoms with Crippen LogP contribution in [0.15, 0.2) is 42.6 Å². The molecule has 1 aliphatic heterocycles. The van der Waals surface area contributed by atoms with Gasteiger partial charge in [-0.15, -0.1) is 0 Å². The molecule has 1 aromatic heterocycles. The van der Waals surface area contributed by atoms with Crippen LogP contribution >= 0.6 is 0 Å². The molecule has 5 heteroatoms. The average Bonchev–Trinajstić information content (AvgIpc) is 2.54. The van der Waals surface area contributed by atoms with E-state index in [-0.39, 0.29) is 5.82 Å². The molecule has 114 valence electrons. The molecule has 1 aliphatic rings. The number of halogens is 1. The largest absolute Gasteiger partial charge is 0.357 e. The number of anilines is 1. The summed E-state index contributed by atoms with van der Waals surface area (Å²) in [6.07, 6.45) is 4.94. The number of nitrogens with zero attached hydrogens (tertiary/aromatic N) is 3. The fraction of sp³-hybridized carbons (Fsp3) is 0.294. The van der Waals surface area contributed by atoms with Crippen molar-refractivity contribution in [2.75, 3.05) is 25.1 Å². The van der Waals surface area contributed by atoms with Gasteiger partial charge in [0, 0.05) is 19.3 Å². The molecule has 0 unspecified atom stereocenters. The van der Waals surface area contributed by atoms with Crippen LogP contribution in [0, 0.1) is 12.7 Å². The molecule has 0 spiro atoms. The Morgan fingerprint density at radius 1 is 1.23 bits per heavy atom. The maximum atomic E-state index is 13.0. The van der Waals surface area contributed by atoms with Gasteiger partial charge in [0.1, 0.15) is 17.5 Å². The third kappa shape index (κ3) is 3.68. The lowest BCUT2D eigenvalue weighted by atomic mass is 10.00. The molecule has 0 bridgehead atoms. The van der Waals surface area contributed by atoms with Gasteiger partial charge in [-0.3, -0.25) is 4.90 Å². The summed E-state index contributed by atoms with van der Waals surface area (Å²) >= 11 is 0. The molecule has 0 amide bonds. The first-order valence-electron chi connectivity index (χ1n) is 7.41. The van der Waals surface area contributed by atoms with E-state index in [9.17, 15) is 4.39 Å². The molecule has 3 rings (SSSR count). The molecular weight excluding hydrogens is 279 g/mol. The van der Waals surface area contributed by atoms with E-state index in [1.807, 2.05) is 25.1 Å². The van der Waals surface area contributed by atoms with Gasteiger partial charge in [0.25, 0.3) is 0 Å². The fourth-order valence-corrected chi connectivity index (χ4v) is 2.53. The molecule has 0 fully saturated rings. The third-order valence-electron chi connectivity index (χ3n) is 3.77. The molecule has 22 heavy (non-hydrogen) atoms. The minimum atomic E-state index is -0.189. The average molecular weight is 298 g/mol. The standard InChI is InChI=1S/C17H19FN4/c1-13-19-9-6-17(21-13)20-12-22-10-7-15(8-11-22)14-2-4-16(18)5-3-14/h2-7,9H,8,10-12H2,1H3,(H,19,20,21). The van der Waals surface area contributed by atoms with Crippen molar-refractivity contribution < 1.29 is 4.39 Å². The van der Waals surface area contributed by atoms with Crippen molar-refractivity contribution in [2.45, 2.75) is 13.3 Å². The Morgan fingerprint density at radius 3 is 2.73 bits per heavy atom. The highest BCUT2D eigenvalue weighted by Crippen LogP contribution is 2.22. The second-order valence-electron chi connectivity index (χ2n) is 5.39. The van der Waals surface area contributed by atoms with E-state index in [0.29, 0.717) is 0 Å². The summed E-state index contributed by atoms with van der Waals surface area (Å²) in [4.78, 5) is 10.7. The minimum Gasteiger partial charge on any atom is -0.357 e. The van der Waals surface area contributed by atoms with Gasteiger partial charge in [0.2, 0.25) is 0 Å². The van der Waals surface area contributed by atoms with Crippen LogP contribution in [0.25, 0.3) is 5.57 Å². The Hall–Kier alpha value is -2.27. The number of nitrogens with one attached hydrogen (secondary N) is 1. The normalized spacial score (nSPS) is 15.5. The number of rotatable bonds is 4. The zero-order chi connectivity index (χ0) is 15.4. The molecule has 0 saturated carbocycles. The first-order chi connectivity index (χ1) is 10.7. The second kappa shape index (κ2) is 6.66. The van der Waals surface area contributed by atoms with Crippen molar-refractivity contribution in [3.63, 3.8) is 0 Å². The van der Waals surface area contributed by atoms with Crippen LogP contribution in [0.4, 0.5) is 10.2 Å². The van der Waals surface area contributed by atoms with E-state index >= 15 is 0 Å². The monoisotopic (exact) mass is 298 g/mol. The van der Waals surface area contributed by atoms with Crippen LogP contribution in [0.1, 0.15) is 17.8 Å². The van der Waals surface area contributed by atoms with Crippen LogP contribution < -0.4 is 5.32 Å². The van der Waals surface area contributed by atoms with Crippen LogP contribution in [0.5, 0.6) is 0 Å². The Labute approximate surface area is 129 Å². The smallest absolute Gasteiger partial charge is 0.130 e. The number of hydrogen-bond acceptors (Lipinski definition) is 4. The Morgan fingerprint density at radius 2 is 2.05 bits per heavy atom. The van der Waals surface area contributed by atoms with E-state index in [1.54, 1.807) is 6.20 Å². The van der Waals surface area contributed by atoms with Gasteiger partial charge in [0.15, 0.2) is 0 Å². The molecule has 1 N–H and O–H groups in total.